The minimum absolute atomic E-state index is 0.185. The predicted octanol–water partition coefficient (Wildman–Crippen LogP) is 2.86. The normalized spacial score (nSPS) is 21.4. The topological polar surface area (TPSA) is 51.0 Å². The number of hydrogen-bond acceptors (Lipinski definition) is 4. The van der Waals surface area contributed by atoms with Gasteiger partial charge in [0.2, 0.25) is 11.1 Å². The van der Waals surface area contributed by atoms with Crippen molar-refractivity contribution >= 4 is 17.7 Å². The van der Waals surface area contributed by atoms with Crippen molar-refractivity contribution in [2.24, 2.45) is 11.8 Å². The number of aromatic nitrogens is 3. The molecule has 0 spiro atoms. The van der Waals surface area contributed by atoms with Crippen LogP contribution in [0.3, 0.4) is 0 Å². The first kappa shape index (κ1) is 16.1. The molecule has 2 aromatic rings. The van der Waals surface area contributed by atoms with Crippen LogP contribution >= 0.6 is 11.8 Å². The third-order valence-electron chi connectivity index (χ3n) is 4.04. The first-order valence-corrected chi connectivity index (χ1v) is 8.98. The highest BCUT2D eigenvalue weighted by molar-refractivity contribution is 7.99. The number of para-hydroxylation sites is 1. The standard InChI is InChI=1S/C17H22N4OS/c1-13-8-14(2)10-20(9-13)16(22)11-23-17-18-12-21(19-17)15-6-4-3-5-7-15/h3-7,12-14H,8-11H2,1-2H3/t13-,14-/m0/s1. The van der Waals surface area contributed by atoms with Crippen LogP contribution in [0.5, 0.6) is 0 Å². The first-order chi connectivity index (χ1) is 11.1. The third-order valence-corrected chi connectivity index (χ3v) is 4.87. The van der Waals surface area contributed by atoms with E-state index in [1.54, 1.807) is 11.0 Å². The summed E-state index contributed by atoms with van der Waals surface area (Å²) in [5.74, 6) is 1.76. The van der Waals surface area contributed by atoms with Crippen LogP contribution in [0.1, 0.15) is 20.3 Å². The van der Waals surface area contributed by atoms with Gasteiger partial charge in [0.1, 0.15) is 6.33 Å². The van der Waals surface area contributed by atoms with Gasteiger partial charge in [-0.2, -0.15) is 0 Å². The van der Waals surface area contributed by atoms with Crippen LogP contribution in [-0.2, 0) is 4.79 Å². The van der Waals surface area contributed by atoms with Crippen LogP contribution in [0.25, 0.3) is 5.69 Å². The van der Waals surface area contributed by atoms with Crippen molar-refractivity contribution in [2.75, 3.05) is 18.8 Å². The first-order valence-electron chi connectivity index (χ1n) is 7.99. The van der Waals surface area contributed by atoms with Crippen LogP contribution in [-0.4, -0.2) is 44.4 Å². The lowest BCUT2D eigenvalue weighted by molar-refractivity contribution is -0.130. The maximum absolute atomic E-state index is 12.4. The number of amides is 1. The van der Waals surface area contributed by atoms with E-state index in [9.17, 15) is 4.79 Å². The van der Waals surface area contributed by atoms with Gasteiger partial charge in [-0.1, -0.05) is 43.8 Å². The van der Waals surface area contributed by atoms with Gasteiger partial charge >= 0.3 is 0 Å². The van der Waals surface area contributed by atoms with Crippen molar-refractivity contribution < 1.29 is 4.79 Å². The van der Waals surface area contributed by atoms with Crippen LogP contribution in [0.2, 0.25) is 0 Å². The molecule has 1 aliphatic heterocycles. The molecule has 0 radical (unpaired) electrons. The Balaban J connectivity index is 1.56. The molecule has 1 aliphatic rings. The van der Waals surface area contributed by atoms with E-state index >= 15 is 0 Å². The molecule has 2 atom stereocenters. The monoisotopic (exact) mass is 330 g/mol. The molecule has 0 aliphatic carbocycles. The number of benzene rings is 1. The molecule has 1 fully saturated rings. The van der Waals surface area contributed by atoms with Crippen LogP contribution < -0.4 is 0 Å². The number of nitrogens with zero attached hydrogens (tertiary/aromatic N) is 4. The number of likely N-dealkylation sites (tertiary alicyclic amines) is 1. The Morgan fingerprint density at radius 2 is 1.91 bits per heavy atom. The van der Waals surface area contributed by atoms with Gasteiger partial charge < -0.3 is 4.90 Å². The van der Waals surface area contributed by atoms with Crippen molar-refractivity contribution in [1.29, 1.82) is 0 Å². The second-order valence-corrected chi connectivity index (χ2v) is 7.28. The third kappa shape index (κ3) is 4.13. The quantitative estimate of drug-likeness (QED) is 0.809. The predicted molar refractivity (Wildman–Crippen MR) is 91.6 cm³/mol. The molecule has 0 saturated carbocycles. The molecule has 2 heterocycles. The Kier molecular flexibility index (Phi) is 5.00. The van der Waals surface area contributed by atoms with Gasteiger partial charge in [0.15, 0.2) is 0 Å². The van der Waals surface area contributed by atoms with Crippen molar-refractivity contribution in [3.8, 4) is 5.69 Å². The van der Waals surface area contributed by atoms with E-state index < -0.39 is 0 Å². The average molecular weight is 330 g/mol. The summed E-state index contributed by atoms with van der Waals surface area (Å²) in [5, 5.41) is 5.06. The second kappa shape index (κ2) is 7.17. The summed E-state index contributed by atoms with van der Waals surface area (Å²) in [4.78, 5) is 18.7. The van der Waals surface area contributed by atoms with Gasteiger partial charge in [0.05, 0.1) is 11.4 Å². The largest absolute Gasteiger partial charge is 0.341 e. The van der Waals surface area contributed by atoms with E-state index in [1.165, 1.54) is 18.2 Å². The van der Waals surface area contributed by atoms with Crippen molar-refractivity contribution in [3.63, 3.8) is 0 Å². The molecular formula is C17H22N4OS. The molecule has 5 nitrogen and oxygen atoms in total. The Hall–Kier alpha value is -1.82. The molecule has 3 rings (SSSR count). The SMILES string of the molecule is C[C@H]1C[C@H](C)CN(C(=O)CSc2ncn(-c3ccccc3)n2)C1. The molecule has 1 amide bonds. The summed E-state index contributed by atoms with van der Waals surface area (Å²) in [6.07, 6.45) is 2.90. The lowest BCUT2D eigenvalue weighted by atomic mass is 9.92. The van der Waals surface area contributed by atoms with Gasteiger partial charge in [-0.3, -0.25) is 4.79 Å². The fraction of sp³-hybridized carbons (Fsp3) is 0.471. The fourth-order valence-electron chi connectivity index (χ4n) is 3.10. The average Bonchev–Trinajstić information content (AvgIpc) is 3.01. The number of piperidine rings is 1. The fourth-order valence-corrected chi connectivity index (χ4v) is 3.81. The lowest BCUT2D eigenvalue weighted by Gasteiger charge is -2.34. The Bertz CT molecular complexity index is 648. The zero-order valence-corrected chi connectivity index (χ0v) is 14.4. The Morgan fingerprint density at radius 1 is 1.22 bits per heavy atom. The van der Waals surface area contributed by atoms with Crippen molar-refractivity contribution in [2.45, 2.75) is 25.4 Å². The number of thioether (sulfide) groups is 1. The highest BCUT2D eigenvalue weighted by atomic mass is 32.2. The van der Waals surface area contributed by atoms with E-state index in [2.05, 4.69) is 23.9 Å². The van der Waals surface area contributed by atoms with E-state index in [-0.39, 0.29) is 5.91 Å². The molecule has 1 aromatic carbocycles. The molecule has 1 saturated heterocycles. The molecule has 6 heteroatoms. The van der Waals surface area contributed by atoms with Crippen molar-refractivity contribution in [1.82, 2.24) is 19.7 Å². The minimum atomic E-state index is 0.185. The lowest BCUT2D eigenvalue weighted by Crippen LogP contribution is -2.43. The van der Waals surface area contributed by atoms with E-state index in [0.29, 0.717) is 22.7 Å². The van der Waals surface area contributed by atoms with Gasteiger partial charge in [0, 0.05) is 13.1 Å². The summed E-state index contributed by atoms with van der Waals surface area (Å²) in [7, 11) is 0. The van der Waals surface area contributed by atoms with E-state index in [0.717, 1.165) is 18.8 Å². The van der Waals surface area contributed by atoms with E-state index in [4.69, 9.17) is 0 Å². The molecule has 23 heavy (non-hydrogen) atoms. The summed E-state index contributed by atoms with van der Waals surface area (Å²) >= 11 is 1.41. The maximum Gasteiger partial charge on any atom is 0.233 e. The zero-order chi connectivity index (χ0) is 16.2. The summed E-state index contributed by atoms with van der Waals surface area (Å²) in [6, 6.07) is 9.85. The highest BCUT2D eigenvalue weighted by Crippen LogP contribution is 2.22. The molecule has 0 bridgehead atoms. The molecular weight excluding hydrogens is 308 g/mol. The smallest absolute Gasteiger partial charge is 0.233 e. The molecule has 0 N–H and O–H groups in total. The van der Waals surface area contributed by atoms with Crippen LogP contribution in [0.4, 0.5) is 0 Å². The van der Waals surface area contributed by atoms with Gasteiger partial charge in [-0.15, -0.1) is 5.10 Å². The van der Waals surface area contributed by atoms with Crippen molar-refractivity contribution in [3.05, 3.63) is 36.7 Å². The van der Waals surface area contributed by atoms with Crippen LogP contribution in [0, 0.1) is 11.8 Å². The van der Waals surface area contributed by atoms with E-state index in [1.807, 2.05) is 35.2 Å². The minimum Gasteiger partial charge on any atom is -0.341 e. The molecule has 1 aromatic heterocycles. The second-order valence-electron chi connectivity index (χ2n) is 6.34. The highest BCUT2D eigenvalue weighted by Gasteiger charge is 2.25. The summed E-state index contributed by atoms with van der Waals surface area (Å²) in [6.45, 7) is 6.17. The summed E-state index contributed by atoms with van der Waals surface area (Å²) in [5.41, 5.74) is 0.969. The Labute approximate surface area is 141 Å². The van der Waals surface area contributed by atoms with Crippen LogP contribution in [0.15, 0.2) is 41.8 Å². The number of rotatable bonds is 4. The Morgan fingerprint density at radius 3 is 2.61 bits per heavy atom. The number of hydrogen-bond donors (Lipinski definition) is 0. The molecule has 0 unspecified atom stereocenters. The van der Waals surface area contributed by atoms with Gasteiger partial charge in [-0.05, 0) is 30.4 Å². The van der Waals surface area contributed by atoms with Gasteiger partial charge in [-0.25, -0.2) is 9.67 Å². The number of carbonyl (C=O) groups excluding carboxylic acids is 1. The summed E-state index contributed by atoms with van der Waals surface area (Å²) < 4.78 is 1.73. The molecule has 122 valence electrons. The number of carbonyl (C=O) groups is 1. The van der Waals surface area contributed by atoms with Gasteiger partial charge in [0.25, 0.3) is 0 Å². The zero-order valence-electron chi connectivity index (χ0n) is 13.6. The maximum atomic E-state index is 12.4.